The lowest BCUT2D eigenvalue weighted by molar-refractivity contribution is -0.123. The number of nitrogens with two attached hydrogens (primary N) is 1. The molecule has 1 aliphatic rings. The number of ketones is 1. The lowest BCUT2D eigenvalue weighted by Crippen LogP contribution is -2.26. The highest BCUT2D eigenvalue weighted by Crippen LogP contribution is 2.30. The van der Waals surface area contributed by atoms with Crippen LogP contribution in [-0.2, 0) is 11.2 Å². The van der Waals surface area contributed by atoms with Crippen LogP contribution in [0, 0.1) is 11.8 Å². The fraction of sp³-hybridized carbons (Fsp3) is 0.615. The van der Waals surface area contributed by atoms with E-state index in [1.165, 1.54) is 11.3 Å². The van der Waals surface area contributed by atoms with Gasteiger partial charge in [0.25, 0.3) is 0 Å². The first-order chi connectivity index (χ1) is 8.19. The third kappa shape index (κ3) is 3.54. The molecular weight excluding hydrogens is 254 g/mol. The number of Topliss-reactive ketones (excluding diaryl/α,β-unsaturated/α-hetero) is 1. The molecule has 1 aromatic heterocycles. The first-order valence-corrected chi connectivity index (χ1v) is 7.35. The van der Waals surface area contributed by atoms with Gasteiger partial charge in [0.05, 0.1) is 4.34 Å². The van der Waals surface area contributed by atoms with Crippen LogP contribution in [0.25, 0.3) is 0 Å². The number of hydrogen-bond acceptors (Lipinski definition) is 3. The number of hydrogen-bond donors (Lipinski definition) is 1. The zero-order valence-corrected chi connectivity index (χ0v) is 11.4. The fourth-order valence-electron chi connectivity index (χ4n) is 2.48. The van der Waals surface area contributed by atoms with E-state index < -0.39 is 0 Å². The molecule has 0 unspecified atom stereocenters. The van der Waals surface area contributed by atoms with Gasteiger partial charge in [0.1, 0.15) is 5.78 Å². The van der Waals surface area contributed by atoms with Crippen LogP contribution < -0.4 is 5.73 Å². The fourth-order valence-corrected chi connectivity index (χ4v) is 3.58. The number of halogens is 1. The van der Waals surface area contributed by atoms with Crippen LogP contribution >= 0.6 is 22.9 Å². The molecule has 0 aliphatic heterocycles. The Morgan fingerprint density at radius 3 is 2.59 bits per heavy atom. The van der Waals surface area contributed by atoms with E-state index >= 15 is 0 Å². The third-order valence-corrected chi connectivity index (χ3v) is 4.84. The molecule has 0 spiro atoms. The monoisotopic (exact) mass is 271 g/mol. The molecule has 1 fully saturated rings. The minimum absolute atomic E-state index is 0.249. The van der Waals surface area contributed by atoms with Gasteiger partial charge in [-0.15, -0.1) is 11.3 Å². The molecule has 1 aliphatic carbocycles. The summed E-state index contributed by atoms with van der Waals surface area (Å²) in [6, 6.07) is 3.82. The standard InChI is InChI=1S/C13H18ClNOS/c14-13-6-5-11(17-13)7-12(16)10-3-1-9(8-15)2-4-10/h5-6,9-10H,1-4,7-8,15H2. The van der Waals surface area contributed by atoms with E-state index in [4.69, 9.17) is 17.3 Å². The van der Waals surface area contributed by atoms with E-state index in [1.54, 1.807) is 0 Å². The Hall–Kier alpha value is -0.380. The van der Waals surface area contributed by atoms with Crippen LogP contribution in [0.4, 0.5) is 0 Å². The lowest BCUT2D eigenvalue weighted by Gasteiger charge is -2.26. The number of rotatable bonds is 4. The van der Waals surface area contributed by atoms with Gasteiger partial charge < -0.3 is 5.73 Å². The topological polar surface area (TPSA) is 43.1 Å². The first kappa shape index (κ1) is 13.1. The number of carbonyl (C=O) groups is 1. The largest absolute Gasteiger partial charge is 0.330 e. The Bertz CT molecular complexity index is 383. The number of thiophene rings is 1. The molecular formula is C13H18ClNOS. The van der Waals surface area contributed by atoms with Crippen LogP contribution in [0.3, 0.4) is 0 Å². The second kappa shape index (κ2) is 5.98. The van der Waals surface area contributed by atoms with Gasteiger partial charge in [-0.3, -0.25) is 4.79 Å². The van der Waals surface area contributed by atoms with Gasteiger partial charge in [0.2, 0.25) is 0 Å². The van der Waals surface area contributed by atoms with Crippen LogP contribution in [-0.4, -0.2) is 12.3 Å². The van der Waals surface area contributed by atoms with Crippen molar-refractivity contribution < 1.29 is 4.79 Å². The SMILES string of the molecule is NCC1CCC(C(=O)Cc2ccc(Cl)s2)CC1. The Morgan fingerprint density at radius 1 is 1.35 bits per heavy atom. The van der Waals surface area contributed by atoms with E-state index in [2.05, 4.69) is 0 Å². The predicted molar refractivity (Wildman–Crippen MR) is 72.5 cm³/mol. The van der Waals surface area contributed by atoms with Crippen molar-refractivity contribution in [3.8, 4) is 0 Å². The van der Waals surface area contributed by atoms with Crippen molar-refractivity contribution in [2.45, 2.75) is 32.1 Å². The van der Waals surface area contributed by atoms with Crippen molar-refractivity contribution in [1.29, 1.82) is 0 Å². The molecule has 0 aromatic carbocycles. The summed E-state index contributed by atoms with van der Waals surface area (Å²) in [7, 11) is 0. The zero-order chi connectivity index (χ0) is 12.3. The molecule has 2 rings (SSSR count). The maximum absolute atomic E-state index is 12.1. The van der Waals surface area contributed by atoms with Gasteiger partial charge in [0.15, 0.2) is 0 Å². The highest BCUT2D eigenvalue weighted by atomic mass is 35.5. The van der Waals surface area contributed by atoms with E-state index in [0.29, 0.717) is 18.1 Å². The van der Waals surface area contributed by atoms with E-state index in [9.17, 15) is 4.79 Å². The summed E-state index contributed by atoms with van der Waals surface area (Å²) >= 11 is 7.37. The number of carbonyl (C=O) groups excluding carboxylic acids is 1. The summed E-state index contributed by atoms with van der Waals surface area (Å²) in [5.74, 6) is 1.26. The molecule has 0 amide bonds. The Balaban J connectivity index is 1.85. The Morgan fingerprint density at radius 2 is 2.06 bits per heavy atom. The minimum Gasteiger partial charge on any atom is -0.330 e. The maximum atomic E-state index is 12.1. The van der Waals surface area contributed by atoms with E-state index in [1.807, 2.05) is 12.1 Å². The van der Waals surface area contributed by atoms with Gasteiger partial charge in [-0.05, 0) is 50.3 Å². The second-order valence-electron chi connectivity index (χ2n) is 4.80. The smallest absolute Gasteiger partial charge is 0.141 e. The molecule has 1 heterocycles. The van der Waals surface area contributed by atoms with Crippen LogP contribution in [0.5, 0.6) is 0 Å². The summed E-state index contributed by atoms with van der Waals surface area (Å²) in [5.41, 5.74) is 5.65. The van der Waals surface area contributed by atoms with Crippen LogP contribution in [0.2, 0.25) is 4.34 Å². The highest BCUT2D eigenvalue weighted by Gasteiger charge is 2.25. The van der Waals surface area contributed by atoms with Gasteiger partial charge in [-0.2, -0.15) is 0 Å². The molecule has 0 bridgehead atoms. The van der Waals surface area contributed by atoms with Crippen LogP contribution in [0.1, 0.15) is 30.6 Å². The predicted octanol–water partition coefficient (Wildman–Crippen LogP) is 3.28. The summed E-state index contributed by atoms with van der Waals surface area (Å²) < 4.78 is 0.764. The van der Waals surface area contributed by atoms with Crippen molar-refractivity contribution in [2.75, 3.05) is 6.54 Å². The molecule has 94 valence electrons. The molecule has 0 atom stereocenters. The van der Waals surface area contributed by atoms with Crippen molar-refractivity contribution in [3.05, 3.63) is 21.3 Å². The highest BCUT2D eigenvalue weighted by molar-refractivity contribution is 7.16. The quantitative estimate of drug-likeness (QED) is 0.913. The summed E-state index contributed by atoms with van der Waals surface area (Å²) in [5, 5.41) is 0. The van der Waals surface area contributed by atoms with Gasteiger partial charge in [-0.25, -0.2) is 0 Å². The molecule has 2 nitrogen and oxygen atoms in total. The first-order valence-electron chi connectivity index (χ1n) is 6.16. The van der Waals surface area contributed by atoms with Gasteiger partial charge in [0, 0.05) is 17.2 Å². The van der Waals surface area contributed by atoms with Gasteiger partial charge >= 0.3 is 0 Å². The average Bonchev–Trinajstić information content (AvgIpc) is 2.75. The maximum Gasteiger partial charge on any atom is 0.141 e. The second-order valence-corrected chi connectivity index (χ2v) is 6.60. The molecule has 0 radical (unpaired) electrons. The summed E-state index contributed by atoms with van der Waals surface area (Å²) in [6.45, 7) is 0.765. The molecule has 4 heteroatoms. The lowest BCUT2D eigenvalue weighted by atomic mass is 9.79. The molecule has 0 saturated heterocycles. The normalized spacial score (nSPS) is 24.8. The molecule has 1 aromatic rings. The van der Waals surface area contributed by atoms with Crippen molar-refractivity contribution >= 4 is 28.7 Å². The summed E-state index contributed by atoms with van der Waals surface area (Å²) in [4.78, 5) is 13.2. The van der Waals surface area contributed by atoms with E-state index in [0.717, 1.165) is 41.4 Å². The van der Waals surface area contributed by atoms with E-state index in [-0.39, 0.29) is 5.92 Å². The van der Waals surface area contributed by atoms with Crippen LogP contribution in [0.15, 0.2) is 12.1 Å². The van der Waals surface area contributed by atoms with Crippen molar-refractivity contribution in [2.24, 2.45) is 17.6 Å². The Kier molecular flexibility index (Phi) is 4.60. The minimum atomic E-state index is 0.249. The molecule has 2 N–H and O–H groups in total. The van der Waals surface area contributed by atoms with Crippen molar-refractivity contribution in [3.63, 3.8) is 0 Å². The zero-order valence-electron chi connectivity index (χ0n) is 9.82. The summed E-state index contributed by atoms with van der Waals surface area (Å²) in [6.07, 6.45) is 4.80. The van der Waals surface area contributed by atoms with Gasteiger partial charge in [-0.1, -0.05) is 11.6 Å². The average molecular weight is 272 g/mol. The molecule has 1 saturated carbocycles. The Labute approximate surface area is 111 Å². The third-order valence-electron chi connectivity index (χ3n) is 3.61. The van der Waals surface area contributed by atoms with Crippen molar-refractivity contribution in [1.82, 2.24) is 0 Å². The molecule has 17 heavy (non-hydrogen) atoms.